The Balaban J connectivity index is 2.01. The largest absolute Gasteiger partial charge is 0.493 e. The van der Waals surface area contributed by atoms with Gasteiger partial charge in [-0.25, -0.2) is 0 Å². The molecule has 1 atom stereocenters. The van der Waals surface area contributed by atoms with Crippen molar-refractivity contribution in [1.29, 1.82) is 0 Å². The summed E-state index contributed by atoms with van der Waals surface area (Å²) in [5.41, 5.74) is 0.820. The molecule has 1 N–H and O–H groups in total. The van der Waals surface area contributed by atoms with Crippen LogP contribution < -0.4 is 14.8 Å². The molecule has 1 saturated heterocycles. The number of thioether (sulfide) groups is 1. The van der Waals surface area contributed by atoms with E-state index in [0.29, 0.717) is 17.9 Å². The second-order valence-corrected chi connectivity index (χ2v) is 6.53. The van der Waals surface area contributed by atoms with Crippen molar-refractivity contribution in [1.82, 2.24) is 5.32 Å². The second-order valence-electron chi connectivity index (χ2n) is 5.43. The number of methoxy groups -OCH3 is 1. The number of rotatable bonds is 6. The van der Waals surface area contributed by atoms with E-state index in [2.05, 4.69) is 5.32 Å². The lowest BCUT2D eigenvalue weighted by Gasteiger charge is -2.13. The van der Waals surface area contributed by atoms with Crippen molar-refractivity contribution >= 4 is 28.9 Å². The molecule has 0 spiro atoms. The Kier molecular flexibility index (Phi) is 6.10. The molecule has 0 saturated carbocycles. The van der Waals surface area contributed by atoms with Gasteiger partial charge in [0.15, 0.2) is 11.5 Å². The van der Waals surface area contributed by atoms with Crippen molar-refractivity contribution in [3.8, 4) is 11.5 Å². The van der Waals surface area contributed by atoms with E-state index in [1.165, 1.54) is 17.8 Å². The summed E-state index contributed by atoms with van der Waals surface area (Å²) in [5, 5.41) is 2.74. The first-order valence-corrected chi connectivity index (χ1v) is 8.48. The highest BCUT2D eigenvalue weighted by atomic mass is 32.2. The van der Waals surface area contributed by atoms with Crippen molar-refractivity contribution in [3.05, 3.63) is 29.8 Å². The quantitative estimate of drug-likeness (QED) is 0.810. The standard InChI is InChI=1S/C17H21NO4S/c1-11(2)22-14-6-4-12(10-15(14)21-3)5-7-16(19)18-13-8-9-23-17(13)20/h4-7,10-11,13H,8-9H2,1-3H3,(H,18,19)/b7-5+/t13-/m1/s1. The van der Waals surface area contributed by atoms with Crippen LogP contribution >= 0.6 is 11.8 Å². The average molecular weight is 335 g/mol. The molecule has 1 fully saturated rings. The Bertz CT molecular complexity index is 613. The van der Waals surface area contributed by atoms with Gasteiger partial charge in [0.2, 0.25) is 11.0 Å². The van der Waals surface area contributed by atoms with Gasteiger partial charge in [0.05, 0.1) is 19.3 Å². The molecule has 0 bridgehead atoms. The Hall–Kier alpha value is -1.95. The summed E-state index contributed by atoms with van der Waals surface area (Å²) in [5.74, 6) is 1.77. The molecule has 1 aromatic rings. The Morgan fingerprint density at radius 1 is 1.39 bits per heavy atom. The van der Waals surface area contributed by atoms with Crippen LogP contribution in [0, 0.1) is 0 Å². The third-order valence-electron chi connectivity index (χ3n) is 3.23. The van der Waals surface area contributed by atoms with Crippen LogP contribution in [0.25, 0.3) is 6.08 Å². The van der Waals surface area contributed by atoms with Crippen LogP contribution in [0.4, 0.5) is 0 Å². The van der Waals surface area contributed by atoms with Gasteiger partial charge in [-0.05, 0) is 44.0 Å². The van der Waals surface area contributed by atoms with E-state index in [-0.39, 0.29) is 23.2 Å². The SMILES string of the molecule is COc1cc(/C=C/C(=O)N[C@@H]2CCSC2=O)ccc1OC(C)C. The van der Waals surface area contributed by atoms with E-state index in [4.69, 9.17) is 9.47 Å². The molecule has 2 rings (SSSR count). The first-order chi connectivity index (χ1) is 11.0. The molecular formula is C17H21NO4S. The minimum Gasteiger partial charge on any atom is -0.493 e. The number of ether oxygens (including phenoxy) is 2. The van der Waals surface area contributed by atoms with E-state index >= 15 is 0 Å². The molecule has 1 heterocycles. The smallest absolute Gasteiger partial charge is 0.244 e. The molecule has 124 valence electrons. The lowest BCUT2D eigenvalue weighted by molar-refractivity contribution is -0.120. The zero-order chi connectivity index (χ0) is 16.8. The number of carbonyl (C=O) groups excluding carboxylic acids is 2. The molecule has 1 aliphatic rings. The third kappa shape index (κ3) is 5.03. The van der Waals surface area contributed by atoms with Gasteiger partial charge in [-0.15, -0.1) is 0 Å². The van der Waals surface area contributed by atoms with Crippen molar-refractivity contribution in [3.63, 3.8) is 0 Å². The minimum atomic E-state index is -0.367. The molecule has 1 amide bonds. The molecule has 5 nitrogen and oxygen atoms in total. The predicted molar refractivity (Wildman–Crippen MR) is 91.8 cm³/mol. The van der Waals surface area contributed by atoms with Crippen LogP contribution in [0.3, 0.4) is 0 Å². The first kappa shape index (κ1) is 17.4. The lowest BCUT2D eigenvalue weighted by Crippen LogP contribution is -2.35. The Labute approximate surface area is 140 Å². The van der Waals surface area contributed by atoms with Gasteiger partial charge in [0, 0.05) is 11.8 Å². The normalized spacial score (nSPS) is 17.7. The van der Waals surface area contributed by atoms with Gasteiger partial charge in [0.25, 0.3) is 0 Å². The summed E-state index contributed by atoms with van der Waals surface area (Å²) in [4.78, 5) is 23.4. The summed E-state index contributed by atoms with van der Waals surface area (Å²) in [6.45, 7) is 3.89. The van der Waals surface area contributed by atoms with Gasteiger partial charge in [-0.3, -0.25) is 9.59 Å². The van der Waals surface area contributed by atoms with Crippen LogP contribution in [-0.2, 0) is 9.59 Å². The fourth-order valence-electron chi connectivity index (χ4n) is 2.16. The Morgan fingerprint density at radius 2 is 2.17 bits per heavy atom. The maximum absolute atomic E-state index is 11.9. The molecule has 23 heavy (non-hydrogen) atoms. The van der Waals surface area contributed by atoms with Gasteiger partial charge in [-0.2, -0.15) is 0 Å². The monoisotopic (exact) mass is 335 g/mol. The maximum Gasteiger partial charge on any atom is 0.244 e. The summed E-state index contributed by atoms with van der Waals surface area (Å²) < 4.78 is 11.0. The van der Waals surface area contributed by atoms with Crippen LogP contribution in [0.1, 0.15) is 25.8 Å². The molecule has 0 aromatic heterocycles. The zero-order valence-electron chi connectivity index (χ0n) is 13.5. The zero-order valence-corrected chi connectivity index (χ0v) is 14.3. The highest BCUT2D eigenvalue weighted by Crippen LogP contribution is 2.29. The van der Waals surface area contributed by atoms with Crippen LogP contribution in [0.15, 0.2) is 24.3 Å². The van der Waals surface area contributed by atoms with Crippen LogP contribution in [0.5, 0.6) is 11.5 Å². The topological polar surface area (TPSA) is 64.6 Å². The highest BCUT2D eigenvalue weighted by molar-refractivity contribution is 8.14. The fourth-order valence-corrected chi connectivity index (χ4v) is 3.09. The summed E-state index contributed by atoms with van der Waals surface area (Å²) in [6, 6.07) is 5.10. The minimum absolute atomic E-state index is 0.0311. The van der Waals surface area contributed by atoms with Gasteiger partial charge in [0.1, 0.15) is 0 Å². The maximum atomic E-state index is 11.9. The summed E-state index contributed by atoms with van der Waals surface area (Å²) >= 11 is 1.26. The van der Waals surface area contributed by atoms with Crippen LogP contribution in [-0.4, -0.2) is 36.0 Å². The number of carbonyl (C=O) groups is 2. The number of hydrogen-bond donors (Lipinski definition) is 1. The average Bonchev–Trinajstić information content (AvgIpc) is 2.91. The summed E-state index contributed by atoms with van der Waals surface area (Å²) in [7, 11) is 1.58. The Morgan fingerprint density at radius 3 is 2.78 bits per heavy atom. The van der Waals surface area contributed by atoms with Gasteiger partial charge in [-0.1, -0.05) is 17.8 Å². The van der Waals surface area contributed by atoms with Crippen molar-refractivity contribution in [2.45, 2.75) is 32.4 Å². The van der Waals surface area contributed by atoms with Crippen molar-refractivity contribution < 1.29 is 19.1 Å². The molecule has 6 heteroatoms. The second kappa shape index (κ2) is 8.06. The van der Waals surface area contributed by atoms with Gasteiger partial charge < -0.3 is 14.8 Å². The number of benzene rings is 1. The molecule has 0 radical (unpaired) electrons. The third-order valence-corrected chi connectivity index (χ3v) is 4.24. The van der Waals surface area contributed by atoms with Crippen molar-refractivity contribution in [2.24, 2.45) is 0 Å². The predicted octanol–water partition coefficient (Wildman–Crippen LogP) is 2.64. The molecule has 0 aliphatic carbocycles. The molecule has 0 unspecified atom stereocenters. The highest BCUT2D eigenvalue weighted by Gasteiger charge is 2.25. The first-order valence-electron chi connectivity index (χ1n) is 7.49. The van der Waals surface area contributed by atoms with Crippen molar-refractivity contribution in [2.75, 3.05) is 12.9 Å². The number of nitrogens with one attached hydrogen (secondary N) is 1. The van der Waals surface area contributed by atoms with E-state index in [9.17, 15) is 9.59 Å². The molecule has 1 aromatic carbocycles. The molecular weight excluding hydrogens is 314 g/mol. The summed E-state index contributed by atoms with van der Waals surface area (Å²) in [6.07, 6.45) is 3.85. The van der Waals surface area contributed by atoms with E-state index in [1.807, 2.05) is 26.0 Å². The fraction of sp³-hybridized carbons (Fsp3) is 0.412. The van der Waals surface area contributed by atoms with E-state index in [1.54, 1.807) is 19.3 Å². The number of amides is 1. The van der Waals surface area contributed by atoms with E-state index in [0.717, 1.165) is 11.3 Å². The molecule has 1 aliphatic heterocycles. The number of hydrogen-bond acceptors (Lipinski definition) is 5. The van der Waals surface area contributed by atoms with Crippen LogP contribution in [0.2, 0.25) is 0 Å². The van der Waals surface area contributed by atoms with Gasteiger partial charge >= 0.3 is 0 Å². The lowest BCUT2D eigenvalue weighted by atomic mass is 10.1. The van der Waals surface area contributed by atoms with E-state index < -0.39 is 0 Å².